The zero-order valence-corrected chi connectivity index (χ0v) is 10.7. The average Bonchev–Trinajstić information content (AvgIpc) is 2.81. The Morgan fingerprint density at radius 3 is 2.56 bits per heavy atom. The van der Waals surface area contributed by atoms with Crippen molar-refractivity contribution in [1.29, 1.82) is 0 Å². The van der Waals surface area contributed by atoms with Gasteiger partial charge in [0.05, 0.1) is 5.75 Å². The maximum absolute atomic E-state index is 11.7. The Balaban J connectivity index is 1.59. The standard InChI is InChI=1S/C12H22N2OS/c15-12(14-10-3-1-2-4-10)9-16-11-5-7-13-8-6-11/h10-11,13H,1-9H2,(H,14,15). The third-order valence-corrected chi connectivity index (χ3v) is 4.83. The first-order valence-electron chi connectivity index (χ1n) is 6.46. The topological polar surface area (TPSA) is 41.1 Å². The Labute approximate surface area is 102 Å². The van der Waals surface area contributed by atoms with Gasteiger partial charge in [0.15, 0.2) is 0 Å². The highest BCUT2D eigenvalue weighted by molar-refractivity contribution is 8.00. The highest BCUT2D eigenvalue weighted by Gasteiger charge is 2.19. The first kappa shape index (κ1) is 12.2. The van der Waals surface area contributed by atoms with E-state index in [1.807, 2.05) is 11.8 Å². The molecule has 1 saturated heterocycles. The van der Waals surface area contributed by atoms with Crippen molar-refractivity contribution >= 4 is 17.7 Å². The number of rotatable bonds is 4. The van der Waals surface area contributed by atoms with Crippen molar-refractivity contribution in [2.75, 3.05) is 18.8 Å². The van der Waals surface area contributed by atoms with Crippen LogP contribution in [0.4, 0.5) is 0 Å². The number of nitrogens with one attached hydrogen (secondary N) is 2. The Kier molecular flexibility index (Phi) is 4.97. The second-order valence-electron chi connectivity index (χ2n) is 4.81. The van der Waals surface area contributed by atoms with E-state index < -0.39 is 0 Å². The van der Waals surface area contributed by atoms with Crippen molar-refractivity contribution in [3.8, 4) is 0 Å². The zero-order chi connectivity index (χ0) is 11.2. The molecule has 3 nitrogen and oxygen atoms in total. The Morgan fingerprint density at radius 2 is 1.88 bits per heavy atom. The number of piperidine rings is 1. The molecule has 0 unspecified atom stereocenters. The van der Waals surface area contributed by atoms with E-state index in [-0.39, 0.29) is 5.91 Å². The van der Waals surface area contributed by atoms with E-state index in [1.165, 1.54) is 38.5 Å². The molecule has 0 aromatic carbocycles. The molecular formula is C12H22N2OS. The summed E-state index contributed by atoms with van der Waals surface area (Å²) in [5.41, 5.74) is 0. The van der Waals surface area contributed by atoms with Gasteiger partial charge < -0.3 is 10.6 Å². The fourth-order valence-electron chi connectivity index (χ4n) is 2.50. The van der Waals surface area contributed by atoms with Crippen molar-refractivity contribution in [1.82, 2.24) is 10.6 Å². The van der Waals surface area contributed by atoms with Gasteiger partial charge in [0.1, 0.15) is 0 Å². The minimum atomic E-state index is 0.246. The lowest BCUT2D eigenvalue weighted by Crippen LogP contribution is -2.35. The van der Waals surface area contributed by atoms with Gasteiger partial charge in [-0.1, -0.05) is 12.8 Å². The van der Waals surface area contributed by atoms with E-state index in [2.05, 4.69) is 10.6 Å². The maximum atomic E-state index is 11.7. The van der Waals surface area contributed by atoms with Gasteiger partial charge in [-0.05, 0) is 38.8 Å². The average molecular weight is 242 g/mol. The molecule has 0 bridgehead atoms. The summed E-state index contributed by atoms with van der Waals surface area (Å²) in [6, 6.07) is 0.473. The van der Waals surface area contributed by atoms with Crippen LogP contribution in [0.15, 0.2) is 0 Å². The molecule has 16 heavy (non-hydrogen) atoms. The van der Waals surface area contributed by atoms with Crippen LogP contribution in [-0.4, -0.2) is 36.0 Å². The summed E-state index contributed by atoms with van der Waals surface area (Å²) in [6.45, 7) is 2.23. The van der Waals surface area contributed by atoms with Gasteiger partial charge in [-0.25, -0.2) is 0 Å². The summed E-state index contributed by atoms with van der Waals surface area (Å²) in [7, 11) is 0. The minimum absolute atomic E-state index is 0.246. The zero-order valence-electron chi connectivity index (χ0n) is 9.84. The molecule has 2 rings (SSSR count). The quantitative estimate of drug-likeness (QED) is 0.785. The number of carbonyl (C=O) groups excluding carboxylic acids is 1. The van der Waals surface area contributed by atoms with Crippen molar-refractivity contribution in [2.24, 2.45) is 0 Å². The highest BCUT2D eigenvalue weighted by Crippen LogP contribution is 2.21. The molecule has 0 spiro atoms. The van der Waals surface area contributed by atoms with Crippen LogP contribution in [0, 0.1) is 0 Å². The highest BCUT2D eigenvalue weighted by atomic mass is 32.2. The van der Waals surface area contributed by atoms with Gasteiger partial charge in [-0.3, -0.25) is 4.79 Å². The first-order chi connectivity index (χ1) is 7.84. The molecule has 2 aliphatic rings. The number of thioether (sulfide) groups is 1. The molecule has 1 heterocycles. The summed E-state index contributed by atoms with van der Waals surface area (Å²) in [4.78, 5) is 11.7. The third-order valence-electron chi connectivity index (χ3n) is 3.46. The Bertz CT molecular complexity index is 223. The molecule has 1 aliphatic heterocycles. The molecule has 0 radical (unpaired) electrons. The molecule has 4 heteroatoms. The predicted molar refractivity (Wildman–Crippen MR) is 68.7 cm³/mol. The van der Waals surface area contributed by atoms with Gasteiger partial charge >= 0.3 is 0 Å². The van der Waals surface area contributed by atoms with Gasteiger partial charge in [-0.2, -0.15) is 0 Å². The van der Waals surface area contributed by atoms with Crippen LogP contribution >= 0.6 is 11.8 Å². The molecular weight excluding hydrogens is 220 g/mol. The van der Waals surface area contributed by atoms with E-state index in [0.717, 1.165) is 13.1 Å². The molecule has 2 fully saturated rings. The van der Waals surface area contributed by atoms with Crippen LogP contribution in [-0.2, 0) is 4.79 Å². The van der Waals surface area contributed by atoms with E-state index >= 15 is 0 Å². The van der Waals surface area contributed by atoms with E-state index in [9.17, 15) is 4.79 Å². The molecule has 0 atom stereocenters. The van der Waals surface area contributed by atoms with Crippen molar-refractivity contribution in [2.45, 2.75) is 49.8 Å². The lowest BCUT2D eigenvalue weighted by atomic mass is 10.2. The summed E-state index contributed by atoms with van der Waals surface area (Å²) >= 11 is 1.84. The Morgan fingerprint density at radius 1 is 1.19 bits per heavy atom. The number of hydrogen-bond donors (Lipinski definition) is 2. The van der Waals surface area contributed by atoms with Crippen LogP contribution < -0.4 is 10.6 Å². The summed E-state index contributed by atoms with van der Waals surface area (Å²) in [5.74, 6) is 0.900. The second-order valence-corrected chi connectivity index (χ2v) is 6.10. The summed E-state index contributed by atoms with van der Waals surface area (Å²) in [5, 5.41) is 7.18. The molecule has 2 N–H and O–H groups in total. The van der Waals surface area contributed by atoms with Crippen LogP contribution in [0.3, 0.4) is 0 Å². The lowest BCUT2D eigenvalue weighted by Gasteiger charge is -2.22. The smallest absolute Gasteiger partial charge is 0.230 e. The van der Waals surface area contributed by atoms with Gasteiger partial charge in [0, 0.05) is 11.3 Å². The molecule has 1 amide bonds. The minimum Gasteiger partial charge on any atom is -0.353 e. The van der Waals surface area contributed by atoms with Gasteiger partial charge in [-0.15, -0.1) is 11.8 Å². The summed E-state index contributed by atoms with van der Waals surface area (Å²) in [6.07, 6.45) is 7.36. The van der Waals surface area contributed by atoms with Gasteiger partial charge in [0.25, 0.3) is 0 Å². The first-order valence-corrected chi connectivity index (χ1v) is 7.51. The third kappa shape index (κ3) is 3.98. The van der Waals surface area contributed by atoms with E-state index in [0.29, 0.717) is 17.0 Å². The van der Waals surface area contributed by atoms with Crippen molar-refractivity contribution in [3.63, 3.8) is 0 Å². The number of carbonyl (C=O) groups is 1. The lowest BCUT2D eigenvalue weighted by molar-refractivity contribution is -0.119. The van der Waals surface area contributed by atoms with E-state index in [4.69, 9.17) is 0 Å². The van der Waals surface area contributed by atoms with Crippen LogP contribution in [0.1, 0.15) is 38.5 Å². The normalized spacial score (nSPS) is 23.5. The van der Waals surface area contributed by atoms with Crippen LogP contribution in [0.5, 0.6) is 0 Å². The van der Waals surface area contributed by atoms with Gasteiger partial charge in [0.2, 0.25) is 5.91 Å². The SMILES string of the molecule is O=C(CSC1CCNCC1)NC1CCCC1. The van der Waals surface area contributed by atoms with Crippen LogP contribution in [0.2, 0.25) is 0 Å². The molecule has 92 valence electrons. The molecule has 1 saturated carbocycles. The maximum Gasteiger partial charge on any atom is 0.230 e. The van der Waals surface area contributed by atoms with E-state index in [1.54, 1.807) is 0 Å². The number of hydrogen-bond acceptors (Lipinski definition) is 3. The Hall–Kier alpha value is -0.220. The van der Waals surface area contributed by atoms with Crippen molar-refractivity contribution in [3.05, 3.63) is 0 Å². The summed E-state index contributed by atoms with van der Waals surface area (Å²) < 4.78 is 0. The fraction of sp³-hybridized carbons (Fsp3) is 0.917. The molecule has 1 aliphatic carbocycles. The number of amides is 1. The largest absolute Gasteiger partial charge is 0.353 e. The predicted octanol–water partition coefficient (Wildman–Crippen LogP) is 1.53. The second kappa shape index (κ2) is 6.50. The van der Waals surface area contributed by atoms with Crippen molar-refractivity contribution < 1.29 is 4.79 Å². The van der Waals surface area contributed by atoms with Crippen LogP contribution in [0.25, 0.3) is 0 Å². The molecule has 0 aromatic rings. The molecule has 0 aromatic heterocycles. The monoisotopic (exact) mass is 242 g/mol. The fourth-order valence-corrected chi connectivity index (χ4v) is 3.53.